The molecule has 7 heteroatoms. The van der Waals surface area contributed by atoms with Gasteiger partial charge in [0, 0.05) is 24.1 Å². The van der Waals surface area contributed by atoms with Crippen molar-refractivity contribution < 1.29 is 13.2 Å². The van der Waals surface area contributed by atoms with Gasteiger partial charge in [-0.25, -0.2) is 23.1 Å². The molecular weight excluding hydrogens is 291 g/mol. The van der Waals surface area contributed by atoms with Crippen molar-refractivity contribution in [2.75, 3.05) is 5.32 Å². The van der Waals surface area contributed by atoms with Crippen LogP contribution in [0.2, 0.25) is 5.15 Å². The Bertz CT molecular complexity index is 674. The number of aromatic nitrogens is 2. The molecule has 20 heavy (non-hydrogen) atoms. The van der Waals surface area contributed by atoms with Crippen LogP contribution in [0.5, 0.6) is 0 Å². The first-order chi connectivity index (χ1) is 9.52. The van der Waals surface area contributed by atoms with E-state index in [2.05, 4.69) is 15.3 Å². The fourth-order valence-electron chi connectivity index (χ4n) is 1.81. The monoisotopic (exact) mass is 299 g/mol. The van der Waals surface area contributed by atoms with Crippen LogP contribution in [0.3, 0.4) is 0 Å². The first kappa shape index (κ1) is 13.2. The number of hydrogen-bond donors (Lipinski definition) is 1. The van der Waals surface area contributed by atoms with E-state index in [9.17, 15) is 13.2 Å². The average Bonchev–Trinajstić information content (AvgIpc) is 3.18. The Morgan fingerprint density at radius 2 is 1.85 bits per heavy atom. The molecule has 104 valence electrons. The van der Waals surface area contributed by atoms with Gasteiger partial charge in [0.25, 0.3) is 0 Å². The van der Waals surface area contributed by atoms with Crippen LogP contribution in [0.4, 0.5) is 24.7 Å². The largest absolute Gasteiger partial charge is 0.338 e. The van der Waals surface area contributed by atoms with E-state index in [1.807, 2.05) is 0 Å². The van der Waals surface area contributed by atoms with Gasteiger partial charge in [-0.1, -0.05) is 11.6 Å². The van der Waals surface area contributed by atoms with Crippen LogP contribution >= 0.6 is 11.6 Å². The number of halogens is 4. The van der Waals surface area contributed by atoms with Gasteiger partial charge < -0.3 is 5.32 Å². The van der Waals surface area contributed by atoms with Gasteiger partial charge in [-0.2, -0.15) is 0 Å². The summed E-state index contributed by atoms with van der Waals surface area (Å²) in [6.07, 6.45) is 1.95. The summed E-state index contributed by atoms with van der Waals surface area (Å²) in [4.78, 5) is 8.24. The Balaban J connectivity index is 1.95. The maximum atomic E-state index is 13.6. The van der Waals surface area contributed by atoms with E-state index < -0.39 is 17.5 Å². The number of hydrogen-bond acceptors (Lipinski definition) is 3. The van der Waals surface area contributed by atoms with Crippen LogP contribution in [0.25, 0.3) is 0 Å². The minimum atomic E-state index is -1.27. The molecule has 1 aromatic carbocycles. The summed E-state index contributed by atoms with van der Waals surface area (Å²) in [6, 6.07) is 2.70. The van der Waals surface area contributed by atoms with Crippen molar-refractivity contribution in [1.82, 2.24) is 9.97 Å². The van der Waals surface area contributed by atoms with E-state index in [4.69, 9.17) is 11.6 Å². The van der Waals surface area contributed by atoms with Gasteiger partial charge >= 0.3 is 0 Å². The standard InChI is InChI=1S/C13H9ClF3N3/c14-10-5-11(20-13(19-10)6-1-2-6)18-9-4-7(15)3-8(16)12(9)17/h3-6H,1-2H2,(H,18,19,20). The van der Waals surface area contributed by atoms with Gasteiger partial charge in [-0.15, -0.1) is 0 Å². The Morgan fingerprint density at radius 3 is 2.55 bits per heavy atom. The molecule has 1 fully saturated rings. The van der Waals surface area contributed by atoms with E-state index in [0.717, 1.165) is 18.9 Å². The second kappa shape index (κ2) is 4.94. The second-order valence-corrected chi connectivity index (χ2v) is 4.97. The SMILES string of the molecule is Fc1cc(F)c(F)c(Nc2cc(Cl)nc(C3CC3)n2)c1. The van der Waals surface area contributed by atoms with E-state index in [0.29, 0.717) is 11.9 Å². The van der Waals surface area contributed by atoms with Crippen LogP contribution in [0, 0.1) is 17.5 Å². The van der Waals surface area contributed by atoms with E-state index >= 15 is 0 Å². The minimum Gasteiger partial charge on any atom is -0.338 e. The Hall–Kier alpha value is -1.82. The summed E-state index contributed by atoms with van der Waals surface area (Å²) in [5.41, 5.74) is -0.334. The normalized spacial score (nSPS) is 14.4. The molecule has 2 aromatic rings. The number of rotatable bonds is 3. The van der Waals surface area contributed by atoms with Crippen molar-refractivity contribution in [3.05, 3.63) is 46.6 Å². The molecule has 1 N–H and O–H groups in total. The molecule has 3 nitrogen and oxygen atoms in total. The molecule has 1 aromatic heterocycles. The predicted octanol–water partition coefficient (Wildman–Crippen LogP) is 4.17. The lowest BCUT2D eigenvalue weighted by Gasteiger charge is -2.09. The van der Waals surface area contributed by atoms with Crippen molar-refractivity contribution in [3.63, 3.8) is 0 Å². The van der Waals surface area contributed by atoms with Gasteiger partial charge in [-0.05, 0) is 12.8 Å². The van der Waals surface area contributed by atoms with E-state index in [-0.39, 0.29) is 22.6 Å². The molecule has 1 aliphatic carbocycles. The topological polar surface area (TPSA) is 37.8 Å². The second-order valence-electron chi connectivity index (χ2n) is 4.58. The maximum Gasteiger partial charge on any atom is 0.182 e. The predicted molar refractivity (Wildman–Crippen MR) is 68.6 cm³/mol. The smallest absolute Gasteiger partial charge is 0.182 e. The molecular formula is C13H9ClF3N3. The summed E-state index contributed by atoms with van der Waals surface area (Å²) >= 11 is 5.86. The van der Waals surface area contributed by atoms with Gasteiger partial charge in [0.1, 0.15) is 22.6 Å². The van der Waals surface area contributed by atoms with Crippen molar-refractivity contribution in [1.29, 1.82) is 0 Å². The highest BCUT2D eigenvalue weighted by atomic mass is 35.5. The first-order valence-corrected chi connectivity index (χ1v) is 6.37. The van der Waals surface area contributed by atoms with Crippen LogP contribution in [0.1, 0.15) is 24.6 Å². The zero-order valence-electron chi connectivity index (χ0n) is 10.1. The Morgan fingerprint density at radius 1 is 1.10 bits per heavy atom. The highest BCUT2D eigenvalue weighted by Gasteiger charge is 2.27. The molecule has 0 radical (unpaired) electrons. The zero-order valence-corrected chi connectivity index (χ0v) is 10.9. The van der Waals surface area contributed by atoms with E-state index in [1.165, 1.54) is 6.07 Å². The fraction of sp³-hybridized carbons (Fsp3) is 0.231. The summed E-state index contributed by atoms with van der Waals surface area (Å²) in [5.74, 6) is -2.31. The van der Waals surface area contributed by atoms with Crippen LogP contribution in [-0.2, 0) is 0 Å². The van der Waals surface area contributed by atoms with Crippen molar-refractivity contribution in [3.8, 4) is 0 Å². The van der Waals surface area contributed by atoms with Crippen LogP contribution in [-0.4, -0.2) is 9.97 Å². The summed E-state index contributed by atoms with van der Waals surface area (Å²) in [5, 5.41) is 2.72. The zero-order chi connectivity index (χ0) is 14.3. The lowest BCUT2D eigenvalue weighted by atomic mass is 10.2. The fourth-order valence-corrected chi connectivity index (χ4v) is 2.00. The lowest BCUT2D eigenvalue weighted by Crippen LogP contribution is -2.02. The molecule has 1 heterocycles. The van der Waals surface area contributed by atoms with E-state index in [1.54, 1.807) is 0 Å². The lowest BCUT2D eigenvalue weighted by molar-refractivity contribution is 0.498. The van der Waals surface area contributed by atoms with Crippen molar-refractivity contribution >= 4 is 23.1 Å². The molecule has 0 spiro atoms. The summed E-state index contributed by atoms with van der Waals surface area (Å²) in [6.45, 7) is 0. The maximum absolute atomic E-state index is 13.6. The average molecular weight is 300 g/mol. The van der Waals surface area contributed by atoms with Crippen molar-refractivity contribution in [2.45, 2.75) is 18.8 Å². The Kier molecular flexibility index (Phi) is 3.25. The number of anilines is 2. The van der Waals surface area contributed by atoms with Gasteiger partial charge in [0.15, 0.2) is 11.6 Å². The summed E-state index contributed by atoms with van der Waals surface area (Å²) in [7, 11) is 0. The summed E-state index contributed by atoms with van der Waals surface area (Å²) < 4.78 is 39.8. The molecule has 0 amide bonds. The first-order valence-electron chi connectivity index (χ1n) is 5.99. The Labute approximate surface area is 117 Å². The molecule has 3 rings (SSSR count). The minimum absolute atomic E-state index is 0.196. The number of benzene rings is 1. The molecule has 0 unspecified atom stereocenters. The van der Waals surface area contributed by atoms with Gasteiger partial charge in [-0.3, -0.25) is 0 Å². The van der Waals surface area contributed by atoms with Crippen molar-refractivity contribution in [2.24, 2.45) is 0 Å². The molecule has 0 aliphatic heterocycles. The molecule has 1 aliphatic rings. The third-order valence-electron chi connectivity index (χ3n) is 2.91. The number of nitrogens with one attached hydrogen (secondary N) is 1. The van der Waals surface area contributed by atoms with Gasteiger partial charge in [0.05, 0.1) is 5.69 Å². The highest BCUT2D eigenvalue weighted by Crippen LogP contribution is 2.39. The molecule has 0 atom stereocenters. The molecule has 0 bridgehead atoms. The number of nitrogens with zero attached hydrogens (tertiary/aromatic N) is 2. The third kappa shape index (κ3) is 2.70. The quantitative estimate of drug-likeness (QED) is 0.683. The van der Waals surface area contributed by atoms with Crippen LogP contribution in [0.15, 0.2) is 18.2 Å². The molecule has 0 saturated heterocycles. The molecule has 1 saturated carbocycles. The highest BCUT2D eigenvalue weighted by molar-refractivity contribution is 6.29. The third-order valence-corrected chi connectivity index (χ3v) is 3.10. The van der Waals surface area contributed by atoms with Crippen LogP contribution < -0.4 is 5.32 Å². The van der Waals surface area contributed by atoms with Gasteiger partial charge in [0.2, 0.25) is 0 Å².